The van der Waals surface area contributed by atoms with Gasteiger partial charge in [0.25, 0.3) is 0 Å². The molecule has 2 N–H and O–H groups in total. The molecule has 1 aromatic rings. The van der Waals surface area contributed by atoms with E-state index in [0.717, 1.165) is 22.3 Å². The summed E-state index contributed by atoms with van der Waals surface area (Å²) in [6.07, 6.45) is 0. The number of hydrogen-bond acceptors (Lipinski definition) is 3. The van der Waals surface area contributed by atoms with Crippen molar-refractivity contribution < 1.29 is 4.74 Å². The van der Waals surface area contributed by atoms with Gasteiger partial charge in [-0.05, 0) is 38.7 Å². The van der Waals surface area contributed by atoms with E-state index in [-0.39, 0.29) is 6.04 Å². The van der Waals surface area contributed by atoms with Crippen LogP contribution in [0.25, 0.3) is 0 Å². The van der Waals surface area contributed by atoms with Gasteiger partial charge >= 0.3 is 0 Å². The molecule has 0 aromatic heterocycles. The van der Waals surface area contributed by atoms with Gasteiger partial charge in [-0.25, -0.2) is 0 Å². The van der Waals surface area contributed by atoms with Crippen LogP contribution in [0.4, 0.5) is 0 Å². The molecule has 90 valence electrons. The van der Waals surface area contributed by atoms with Gasteiger partial charge in [-0.15, -0.1) is 0 Å². The van der Waals surface area contributed by atoms with Gasteiger partial charge in [-0.2, -0.15) is 0 Å². The quantitative estimate of drug-likeness (QED) is 0.904. The molecule has 1 unspecified atom stereocenters. The molecule has 0 amide bonds. The SMILES string of the molecule is CC(N)c1ccc(OCCN(C)C)cc1Br. The van der Waals surface area contributed by atoms with E-state index in [1.165, 1.54) is 0 Å². The summed E-state index contributed by atoms with van der Waals surface area (Å²) in [7, 11) is 4.05. The van der Waals surface area contributed by atoms with Crippen LogP contribution >= 0.6 is 15.9 Å². The maximum absolute atomic E-state index is 5.83. The van der Waals surface area contributed by atoms with Crippen molar-refractivity contribution in [3.63, 3.8) is 0 Å². The molecule has 4 heteroatoms. The molecule has 0 fully saturated rings. The molecular formula is C12H19BrN2O. The van der Waals surface area contributed by atoms with Crippen molar-refractivity contribution in [2.24, 2.45) is 5.73 Å². The highest BCUT2D eigenvalue weighted by molar-refractivity contribution is 9.10. The molecular weight excluding hydrogens is 268 g/mol. The van der Waals surface area contributed by atoms with Crippen molar-refractivity contribution in [1.82, 2.24) is 4.90 Å². The fourth-order valence-corrected chi connectivity index (χ4v) is 2.03. The standard InChI is InChI=1S/C12H19BrN2O/c1-9(14)11-5-4-10(8-12(11)13)16-7-6-15(2)3/h4-5,8-9H,6-7,14H2,1-3H3. The van der Waals surface area contributed by atoms with Crippen LogP contribution in [-0.2, 0) is 0 Å². The van der Waals surface area contributed by atoms with Crippen LogP contribution in [0.5, 0.6) is 5.75 Å². The van der Waals surface area contributed by atoms with E-state index in [1.54, 1.807) is 0 Å². The Morgan fingerprint density at radius 3 is 2.62 bits per heavy atom. The third-order valence-corrected chi connectivity index (χ3v) is 2.96. The minimum atomic E-state index is 0.0326. The monoisotopic (exact) mass is 286 g/mol. The summed E-state index contributed by atoms with van der Waals surface area (Å²) in [5.74, 6) is 0.873. The molecule has 0 aliphatic carbocycles. The van der Waals surface area contributed by atoms with E-state index >= 15 is 0 Å². The molecule has 1 aromatic carbocycles. The maximum Gasteiger partial charge on any atom is 0.120 e. The highest BCUT2D eigenvalue weighted by Crippen LogP contribution is 2.26. The first-order chi connectivity index (χ1) is 7.50. The smallest absolute Gasteiger partial charge is 0.120 e. The van der Waals surface area contributed by atoms with Gasteiger partial charge in [0.05, 0.1) is 0 Å². The van der Waals surface area contributed by atoms with Crippen LogP contribution in [-0.4, -0.2) is 32.1 Å². The lowest BCUT2D eigenvalue weighted by molar-refractivity contribution is 0.261. The van der Waals surface area contributed by atoms with Gasteiger partial charge in [0.15, 0.2) is 0 Å². The molecule has 0 radical (unpaired) electrons. The Balaban J connectivity index is 2.59. The summed E-state index contributed by atoms with van der Waals surface area (Å²) in [5, 5.41) is 0. The summed E-state index contributed by atoms with van der Waals surface area (Å²) in [6, 6.07) is 5.96. The number of hydrogen-bond donors (Lipinski definition) is 1. The van der Waals surface area contributed by atoms with E-state index < -0.39 is 0 Å². The van der Waals surface area contributed by atoms with Gasteiger partial charge in [0.2, 0.25) is 0 Å². The number of halogens is 1. The molecule has 0 saturated carbocycles. The highest BCUT2D eigenvalue weighted by atomic mass is 79.9. The predicted octanol–water partition coefficient (Wildman–Crippen LogP) is 2.41. The molecule has 0 spiro atoms. The van der Waals surface area contributed by atoms with Crippen molar-refractivity contribution in [3.8, 4) is 5.75 Å². The van der Waals surface area contributed by atoms with E-state index in [9.17, 15) is 0 Å². The molecule has 0 aliphatic rings. The lowest BCUT2D eigenvalue weighted by Crippen LogP contribution is -2.19. The van der Waals surface area contributed by atoms with Gasteiger partial charge in [0, 0.05) is 17.1 Å². The average Bonchev–Trinajstić information content (AvgIpc) is 2.16. The van der Waals surface area contributed by atoms with Gasteiger partial charge in [0.1, 0.15) is 12.4 Å². The fourth-order valence-electron chi connectivity index (χ4n) is 1.31. The molecule has 0 heterocycles. The number of likely N-dealkylation sites (N-methyl/N-ethyl adjacent to an activating group) is 1. The highest BCUT2D eigenvalue weighted by Gasteiger charge is 2.06. The minimum absolute atomic E-state index is 0.0326. The summed E-state index contributed by atoms with van der Waals surface area (Å²) >= 11 is 3.50. The maximum atomic E-state index is 5.83. The molecule has 1 rings (SSSR count). The van der Waals surface area contributed by atoms with Crippen molar-refractivity contribution in [2.75, 3.05) is 27.2 Å². The molecule has 0 aliphatic heterocycles. The van der Waals surface area contributed by atoms with Crippen molar-refractivity contribution in [3.05, 3.63) is 28.2 Å². The minimum Gasteiger partial charge on any atom is -0.492 e. The van der Waals surface area contributed by atoms with Crippen LogP contribution in [0, 0.1) is 0 Å². The summed E-state index contributed by atoms with van der Waals surface area (Å²) in [6.45, 7) is 3.57. The Kier molecular flexibility index (Phi) is 5.25. The predicted molar refractivity (Wildman–Crippen MR) is 70.8 cm³/mol. The lowest BCUT2D eigenvalue weighted by Gasteiger charge is -2.13. The molecule has 3 nitrogen and oxygen atoms in total. The zero-order valence-electron chi connectivity index (χ0n) is 10.0. The largest absolute Gasteiger partial charge is 0.492 e. The number of nitrogens with two attached hydrogens (primary N) is 1. The van der Waals surface area contributed by atoms with Crippen LogP contribution in [0.2, 0.25) is 0 Å². The van der Waals surface area contributed by atoms with Gasteiger partial charge in [-0.1, -0.05) is 22.0 Å². The van der Waals surface area contributed by atoms with E-state index in [0.29, 0.717) is 6.61 Å². The second kappa shape index (κ2) is 6.23. The number of nitrogens with zero attached hydrogens (tertiary/aromatic N) is 1. The topological polar surface area (TPSA) is 38.5 Å². The third kappa shape index (κ3) is 4.12. The lowest BCUT2D eigenvalue weighted by atomic mass is 10.1. The Morgan fingerprint density at radius 1 is 1.44 bits per heavy atom. The van der Waals surface area contributed by atoms with Crippen LogP contribution < -0.4 is 10.5 Å². The zero-order valence-corrected chi connectivity index (χ0v) is 11.6. The normalized spacial score (nSPS) is 12.9. The van der Waals surface area contributed by atoms with Gasteiger partial charge < -0.3 is 15.4 Å². The Hall–Kier alpha value is -0.580. The Bertz CT molecular complexity index is 340. The third-order valence-electron chi connectivity index (χ3n) is 2.27. The molecule has 1 atom stereocenters. The number of benzene rings is 1. The second-order valence-corrected chi connectivity index (χ2v) is 4.98. The summed E-state index contributed by atoms with van der Waals surface area (Å²) in [4.78, 5) is 2.09. The van der Waals surface area contributed by atoms with E-state index in [4.69, 9.17) is 10.5 Å². The number of rotatable bonds is 5. The van der Waals surface area contributed by atoms with Gasteiger partial charge in [-0.3, -0.25) is 0 Å². The zero-order chi connectivity index (χ0) is 12.1. The van der Waals surface area contributed by atoms with E-state index in [1.807, 2.05) is 39.2 Å². The Morgan fingerprint density at radius 2 is 2.12 bits per heavy atom. The number of ether oxygens (including phenoxy) is 1. The fraction of sp³-hybridized carbons (Fsp3) is 0.500. The summed E-state index contributed by atoms with van der Waals surface area (Å²) in [5.41, 5.74) is 6.92. The van der Waals surface area contributed by atoms with Crippen molar-refractivity contribution in [2.45, 2.75) is 13.0 Å². The molecule has 0 saturated heterocycles. The van der Waals surface area contributed by atoms with Crippen molar-refractivity contribution >= 4 is 15.9 Å². The van der Waals surface area contributed by atoms with Crippen LogP contribution in [0.15, 0.2) is 22.7 Å². The molecule has 0 bridgehead atoms. The molecule has 16 heavy (non-hydrogen) atoms. The summed E-state index contributed by atoms with van der Waals surface area (Å²) < 4.78 is 6.62. The van der Waals surface area contributed by atoms with E-state index in [2.05, 4.69) is 20.8 Å². The first-order valence-corrected chi connectivity index (χ1v) is 6.12. The van der Waals surface area contributed by atoms with Crippen LogP contribution in [0.3, 0.4) is 0 Å². The Labute approximate surface area is 106 Å². The first kappa shape index (κ1) is 13.5. The average molecular weight is 287 g/mol. The second-order valence-electron chi connectivity index (χ2n) is 4.12. The van der Waals surface area contributed by atoms with Crippen LogP contribution in [0.1, 0.15) is 18.5 Å². The van der Waals surface area contributed by atoms with Crippen molar-refractivity contribution in [1.29, 1.82) is 0 Å². The first-order valence-electron chi connectivity index (χ1n) is 5.33.